The van der Waals surface area contributed by atoms with Gasteiger partial charge in [0.1, 0.15) is 0 Å². The lowest BCUT2D eigenvalue weighted by atomic mass is 9.90. The highest BCUT2D eigenvalue weighted by atomic mass is 16.2. The van der Waals surface area contributed by atoms with E-state index in [4.69, 9.17) is 5.26 Å². The molecule has 0 aromatic heterocycles. The zero-order valence-electron chi connectivity index (χ0n) is 15.1. The van der Waals surface area contributed by atoms with Gasteiger partial charge in [-0.2, -0.15) is 5.26 Å². The van der Waals surface area contributed by atoms with Crippen LogP contribution in [0.25, 0.3) is 0 Å². The van der Waals surface area contributed by atoms with Crippen LogP contribution in [0.4, 0.5) is 5.69 Å². The molecule has 0 saturated heterocycles. The molecule has 0 heterocycles. The number of carbonyl (C=O) groups excluding carboxylic acids is 2. The van der Waals surface area contributed by atoms with Crippen LogP contribution in [0.15, 0.2) is 84.9 Å². The number of nitrogens with zero attached hydrogens (tertiary/aromatic N) is 1. The molecule has 5 heteroatoms. The lowest BCUT2D eigenvalue weighted by Crippen LogP contribution is -2.36. The van der Waals surface area contributed by atoms with Crippen molar-refractivity contribution in [1.82, 2.24) is 5.32 Å². The first-order valence-electron chi connectivity index (χ1n) is 8.85. The molecule has 0 aliphatic rings. The number of hydrogen-bond donors (Lipinski definition) is 2. The highest BCUT2D eigenvalue weighted by molar-refractivity contribution is 5.96. The van der Waals surface area contributed by atoms with Crippen LogP contribution in [0, 0.1) is 11.3 Å². The Morgan fingerprint density at radius 1 is 0.857 bits per heavy atom. The van der Waals surface area contributed by atoms with Gasteiger partial charge in [-0.15, -0.1) is 0 Å². The van der Waals surface area contributed by atoms with Crippen molar-refractivity contribution in [3.8, 4) is 6.07 Å². The van der Waals surface area contributed by atoms with E-state index in [-0.39, 0.29) is 18.4 Å². The van der Waals surface area contributed by atoms with Crippen LogP contribution in [0.1, 0.15) is 22.6 Å². The van der Waals surface area contributed by atoms with Gasteiger partial charge < -0.3 is 10.6 Å². The van der Waals surface area contributed by atoms with Gasteiger partial charge in [-0.3, -0.25) is 9.59 Å². The molecular formula is C23H19N3O2. The van der Waals surface area contributed by atoms with Gasteiger partial charge in [0, 0.05) is 5.69 Å². The Morgan fingerprint density at radius 3 is 2.04 bits per heavy atom. The van der Waals surface area contributed by atoms with Crippen LogP contribution in [0.3, 0.4) is 0 Å². The Hall–Kier alpha value is -3.91. The molecule has 0 aliphatic heterocycles. The van der Waals surface area contributed by atoms with Crippen molar-refractivity contribution in [2.75, 3.05) is 11.9 Å². The van der Waals surface area contributed by atoms with E-state index < -0.39 is 5.92 Å². The van der Waals surface area contributed by atoms with Crippen molar-refractivity contribution in [3.05, 3.63) is 102 Å². The van der Waals surface area contributed by atoms with Crippen molar-refractivity contribution in [3.63, 3.8) is 0 Å². The first kappa shape index (κ1) is 18.9. The van der Waals surface area contributed by atoms with Crippen molar-refractivity contribution in [2.45, 2.75) is 5.92 Å². The Balaban J connectivity index is 1.68. The molecule has 0 radical (unpaired) electrons. The summed E-state index contributed by atoms with van der Waals surface area (Å²) >= 11 is 0. The van der Waals surface area contributed by atoms with Crippen LogP contribution in [0.2, 0.25) is 0 Å². The molecule has 138 valence electrons. The summed E-state index contributed by atoms with van der Waals surface area (Å²) in [7, 11) is 0. The lowest BCUT2D eigenvalue weighted by Gasteiger charge is -2.18. The maximum atomic E-state index is 12.9. The molecule has 0 saturated carbocycles. The Bertz CT molecular complexity index is 956. The fraction of sp³-hybridized carbons (Fsp3) is 0.0870. The number of hydrogen-bond acceptors (Lipinski definition) is 3. The Morgan fingerprint density at radius 2 is 1.46 bits per heavy atom. The number of nitriles is 1. The minimum absolute atomic E-state index is 0.161. The second kappa shape index (κ2) is 9.15. The molecule has 3 aromatic carbocycles. The maximum absolute atomic E-state index is 12.9. The van der Waals surface area contributed by atoms with E-state index in [0.717, 1.165) is 11.1 Å². The van der Waals surface area contributed by atoms with Crippen LogP contribution in [-0.4, -0.2) is 18.4 Å². The summed E-state index contributed by atoms with van der Waals surface area (Å²) in [5.41, 5.74) is 2.68. The third-order valence-corrected chi connectivity index (χ3v) is 4.23. The smallest absolute Gasteiger partial charge is 0.243 e. The van der Waals surface area contributed by atoms with E-state index in [9.17, 15) is 9.59 Å². The van der Waals surface area contributed by atoms with Gasteiger partial charge in [-0.1, -0.05) is 66.7 Å². The molecule has 0 aliphatic carbocycles. The SMILES string of the molecule is N#Cc1cccc(NC(=O)CNC(=O)C(c2ccccc2)c2ccccc2)c1. The zero-order valence-corrected chi connectivity index (χ0v) is 15.1. The van der Waals surface area contributed by atoms with Gasteiger partial charge >= 0.3 is 0 Å². The van der Waals surface area contributed by atoms with Crippen molar-refractivity contribution < 1.29 is 9.59 Å². The summed E-state index contributed by atoms with van der Waals surface area (Å²) in [6.07, 6.45) is 0. The zero-order chi connectivity index (χ0) is 19.8. The van der Waals surface area contributed by atoms with Crippen molar-refractivity contribution >= 4 is 17.5 Å². The van der Waals surface area contributed by atoms with Crippen LogP contribution in [0.5, 0.6) is 0 Å². The molecule has 5 nitrogen and oxygen atoms in total. The predicted octanol–water partition coefficient (Wildman–Crippen LogP) is 3.45. The van der Waals surface area contributed by atoms with Gasteiger partial charge in [0.15, 0.2) is 0 Å². The van der Waals surface area contributed by atoms with E-state index in [1.165, 1.54) is 0 Å². The third kappa shape index (κ3) is 4.83. The average molecular weight is 369 g/mol. The second-order valence-corrected chi connectivity index (χ2v) is 6.21. The molecule has 3 rings (SSSR count). The van der Waals surface area contributed by atoms with Gasteiger partial charge in [-0.05, 0) is 29.3 Å². The number of nitrogens with one attached hydrogen (secondary N) is 2. The molecule has 2 amide bonds. The summed E-state index contributed by atoms with van der Waals surface area (Å²) in [5, 5.41) is 14.3. The average Bonchev–Trinajstić information content (AvgIpc) is 2.74. The molecule has 0 atom stereocenters. The Kier molecular flexibility index (Phi) is 6.17. The standard InChI is InChI=1S/C23H19N3O2/c24-15-17-8-7-13-20(14-17)26-21(27)16-25-23(28)22(18-9-3-1-4-10-18)19-11-5-2-6-12-19/h1-14,22H,16H2,(H,25,28)(H,26,27). The lowest BCUT2D eigenvalue weighted by molar-refractivity contribution is -0.124. The fourth-order valence-electron chi connectivity index (χ4n) is 2.93. The molecule has 2 N–H and O–H groups in total. The number of carbonyl (C=O) groups is 2. The summed E-state index contributed by atoms with van der Waals surface area (Å²) < 4.78 is 0. The first-order valence-corrected chi connectivity index (χ1v) is 8.85. The maximum Gasteiger partial charge on any atom is 0.243 e. The molecule has 0 bridgehead atoms. The summed E-state index contributed by atoms with van der Waals surface area (Å²) in [6, 6.07) is 27.5. The van der Waals surface area contributed by atoms with E-state index in [0.29, 0.717) is 11.3 Å². The van der Waals surface area contributed by atoms with Gasteiger partial charge in [0.05, 0.1) is 24.1 Å². The van der Waals surface area contributed by atoms with Crippen LogP contribution < -0.4 is 10.6 Å². The van der Waals surface area contributed by atoms with E-state index in [1.807, 2.05) is 66.7 Å². The van der Waals surface area contributed by atoms with E-state index >= 15 is 0 Å². The van der Waals surface area contributed by atoms with Crippen LogP contribution in [-0.2, 0) is 9.59 Å². The van der Waals surface area contributed by atoms with Gasteiger partial charge in [0.25, 0.3) is 0 Å². The number of benzene rings is 3. The molecular weight excluding hydrogens is 350 g/mol. The number of rotatable bonds is 6. The number of anilines is 1. The fourth-order valence-corrected chi connectivity index (χ4v) is 2.93. The van der Waals surface area contributed by atoms with Gasteiger partial charge in [-0.25, -0.2) is 0 Å². The largest absolute Gasteiger partial charge is 0.346 e. The predicted molar refractivity (Wildman–Crippen MR) is 108 cm³/mol. The monoisotopic (exact) mass is 369 g/mol. The summed E-state index contributed by atoms with van der Waals surface area (Å²) in [5.74, 6) is -1.11. The molecule has 0 spiro atoms. The first-order chi connectivity index (χ1) is 13.7. The quantitative estimate of drug-likeness (QED) is 0.698. The Labute approximate surface area is 163 Å². The van der Waals surface area contributed by atoms with Crippen molar-refractivity contribution in [2.24, 2.45) is 0 Å². The molecule has 0 unspecified atom stereocenters. The summed E-state index contributed by atoms with van der Waals surface area (Å²) in [6.45, 7) is -0.161. The molecule has 0 fully saturated rings. The van der Waals surface area contributed by atoms with Gasteiger partial charge in [0.2, 0.25) is 11.8 Å². The molecule has 3 aromatic rings. The highest BCUT2D eigenvalue weighted by Crippen LogP contribution is 2.24. The highest BCUT2D eigenvalue weighted by Gasteiger charge is 2.22. The minimum Gasteiger partial charge on any atom is -0.346 e. The number of amides is 2. The van der Waals surface area contributed by atoms with Crippen LogP contribution >= 0.6 is 0 Å². The summed E-state index contributed by atoms with van der Waals surface area (Å²) in [4.78, 5) is 25.1. The topological polar surface area (TPSA) is 82.0 Å². The van der Waals surface area contributed by atoms with E-state index in [2.05, 4.69) is 10.6 Å². The second-order valence-electron chi connectivity index (χ2n) is 6.21. The third-order valence-electron chi connectivity index (χ3n) is 4.23. The minimum atomic E-state index is -0.503. The normalized spacial score (nSPS) is 10.1. The molecule has 28 heavy (non-hydrogen) atoms. The van der Waals surface area contributed by atoms with Crippen molar-refractivity contribution in [1.29, 1.82) is 5.26 Å². The van der Waals surface area contributed by atoms with E-state index in [1.54, 1.807) is 24.3 Å².